The number of para-hydroxylation sites is 1. The number of aryl methyl sites for hydroxylation is 1. The minimum Gasteiger partial charge on any atom is -0.507 e. The molecule has 0 radical (unpaired) electrons. The van der Waals surface area contributed by atoms with Gasteiger partial charge < -0.3 is 20.1 Å². The highest BCUT2D eigenvalue weighted by atomic mass is 16.5. The molecule has 2 aromatic rings. The summed E-state index contributed by atoms with van der Waals surface area (Å²) >= 11 is 0. The van der Waals surface area contributed by atoms with E-state index in [-0.39, 0.29) is 17.2 Å². The van der Waals surface area contributed by atoms with Crippen molar-refractivity contribution in [1.29, 1.82) is 0 Å². The van der Waals surface area contributed by atoms with Crippen molar-refractivity contribution in [2.75, 3.05) is 26.0 Å². The second kappa shape index (κ2) is 8.15. The smallest absolute Gasteiger partial charge is 0.342 e. The Labute approximate surface area is 151 Å². The summed E-state index contributed by atoms with van der Waals surface area (Å²) in [5.41, 5.74) is 1.51. The minimum atomic E-state index is -0.784. The Morgan fingerprint density at radius 2 is 1.73 bits per heavy atom. The van der Waals surface area contributed by atoms with Gasteiger partial charge in [0.05, 0.1) is 0 Å². The topological polar surface area (TPSA) is 95.9 Å². The largest absolute Gasteiger partial charge is 0.507 e. The Morgan fingerprint density at radius 3 is 2.35 bits per heavy atom. The van der Waals surface area contributed by atoms with Gasteiger partial charge in [-0.1, -0.05) is 12.1 Å². The van der Waals surface area contributed by atoms with Crippen LogP contribution in [0.4, 0.5) is 5.69 Å². The van der Waals surface area contributed by atoms with Gasteiger partial charge in [0, 0.05) is 25.3 Å². The maximum Gasteiger partial charge on any atom is 0.342 e. The zero-order chi connectivity index (χ0) is 19.3. The number of carbonyl (C=O) groups is 3. The van der Waals surface area contributed by atoms with Crippen LogP contribution in [0.1, 0.15) is 26.3 Å². The molecule has 0 aliphatic heterocycles. The van der Waals surface area contributed by atoms with Crippen molar-refractivity contribution in [2.45, 2.75) is 6.92 Å². The molecule has 0 saturated carbocycles. The number of phenols is 1. The molecule has 2 rings (SSSR count). The molecule has 0 aromatic heterocycles. The van der Waals surface area contributed by atoms with Crippen LogP contribution in [-0.2, 0) is 9.53 Å². The van der Waals surface area contributed by atoms with E-state index in [1.807, 2.05) is 0 Å². The predicted molar refractivity (Wildman–Crippen MR) is 96.2 cm³/mol. The lowest BCUT2D eigenvalue weighted by atomic mass is 10.1. The van der Waals surface area contributed by atoms with E-state index in [0.29, 0.717) is 16.8 Å². The molecule has 7 nitrogen and oxygen atoms in total. The molecule has 0 saturated heterocycles. The van der Waals surface area contributed by atoms with Gasteiger partial charge in [0.25, 0.3) is 11.8 Å². The zero-order valence-electron chi connectivity index (χ0n) is 14.8. The number of rotatable bonds is 5. The normalized spacial score (nSPS) is 10.1. The third kappa shape index (κ3) is 4.60. The van der Waals surface area contributed by atoms with Crippen molar-refractivity contribution in [1.82, 2.24) is 4.90 Å². The lowest BCUT2D eigenvalue weighted by Gasteiger charge is -2.11. The molecular weight excluding hydrogens is 336 g/mol. The van der Waals surface area contributed by atoms with E-state index in [2.05, 4.69) is 5.32 Å². The Hall–Kier alpha value is -3.35. The molecule has 0 bridgehead atoms. The molecule has 2 amide bonds. The predicted octanol–water partition coefficient (Wildman–Crippen LogP) is 2.20. The summed E-state index contributed by atoms with van der Waals surface area (Å²) in [7, 11) is 3.30. The van der Waals surface area contributed by atoms with E-state index in [9.17, 15) is 19.5 Å². The van der Waals surface area contributed by atoms with Crippen molar-refractivity contribution < 1.29 is 24.2 Å². The third-order valence-corrected chi connectivity index (χ3v) is 3.61. The van der Waals surface area contributed by atoms with Crippen LogP contribution in [0.25, 0.3) is 0 Å². The maximum atomic E-state index is 12.0. The van der Waals surface area contributed by atoms with E-state index in [0.717, 1.165) is 0 Å². The first-order valence-electron chi connectivity index (χ1n) is 7.87. The minimum absolute atomic E-state index is 0.00403. The van der Waals surface area contributed by atoms with Crippen molar-refractivity contribution >= 4 is 23.5 Å². The number of nitrogens with one attached hydrogen (secondary N) is 1. The van der Waals surface area contributed by atoms with E-state index < -0.39 is 18.5 Å². The Kier molecular flexibility index (Phi) is 5.95. The molecule has 0 fully saturated rings. The maximum absolute atomic E-state index is 12.0. The number of ether oxygens (including phenoxy) is 1. The number of hydrogen-bond acceptors (Lipinski definition) is 5. The number of nitrogens with zero attached hydrogens (tertiary/aromatic N) is 1. The second-order valence-corrected chi connectivity index (χ2v) is 5.87. The van der Waals surface area contributed by atoms with Crippen LogP contribution in [0.2, 0.25) is 0 Å². The van der Waals surface area contributed by atoms with Gasteiger partial charge >= 0.3 is 5.97 Å². The van der Waals surface area contributed by atoms with Gasteiger partial charge in [-0.05, 0) is 42.8 Å². The summed E-state index contributed by atoms with van der Waals surface area (Å²) in [4.78, 5) is 37.1. The monoisotopic (exact) mass is 356 g/mol. The first kappa shape index (κ1) is 19.0. The van der Waals surface area contributed by atoms with Gasteiger partial charge in [-0.15, -0.1) is 0 Å². The molecule has 0 spiro atoms. The highest BCUT2D eigenvalue weighted by molar-refractivity contribution is 5.98. The standard InChI is InChI=1S/C19H20N2O5/c1-12-5-4-6-15(17(12)23)19(25)26-11-16(22)20-14-9-7-13(8-10-14)18(24)21(2)3/h4-10,23H,11H2,1-3H3,(H,20,22). The summed E-state index contributed by atoms with van der Waals surface area (Å²) in [5, 5.41) is 12.4. The number of benzene rings is 2. The molecule has 2 aromatic carbocycles. The Bertz CT molecular complexity index is 828. The highest BCUT2D eigenvalue weighted by Crippen LogP contribution is 2.22. The van der Waals surface area contributed by atoms with Gasteiger partial charge in [0.15, 0.2) is 6.61 Å². The van der Waals surface area contributed by atoms with Crippen molar-refractivity contribution in [3.05, 3.63) is 59.2 Å². The quantitative estimate of drug-likeness (QED) is 0.801. The van der Waals surface area contributed by atoms with Crippen LogP contribution >= 0.6 is 0 Å². The number of hydrogen-bond donors (Lipinski definition) is 2. The van der Waals surface area contributed by atoms with Crippen LogP contribution in [0.15, 0.2) is 42.5 Å². The van der Waals surface area contributed by atoms with Gasteiger partial charge in [-0.2, -0.15) is 0 Å². The molecule has 0 heterocycles. The second-order valence-electron chi connectivity index (χ2n) is 5.87. The van der Waals surface area contributed by atoms with Crippen molar-refractivity contribution in [2.24, 2.45) is 0 Å². The summed E-state index contributed by atoms with van der Waals surface area (Å²) in [5.74, 6) is -1.63. The highest BCUT2D eigenvalue weighted by Gasteiger charge is 2.15. The molecule has 0 aliphatic rings. The van der Waals surface area contributed by atoms with E-state index >= 15 is 0 Å². The molecule has 0 aliphatic carbocycles. The van der Waals surface area contributed by atoms with Gasteiger partial charge in [0.1, 0.15) is 11.3 Å². The fraction of sp³-hybridized carbons (Fsp3) is 0.211. The number of amides is 2. The molecule has 0 atom stereocenters. The summed E-state index contributed by atoms with van der Waals surface area (Å²) < 4.78 is 4.92. The van der Waals surface area contributed by atoms with Crippen LogP contribution in [0.3, 0.4) is 0 Å². The number of anilines is 1. The number of phenolic OH excluding ortho intramolecular Hbond substituents is 1. The Balaban J connectivity index is 1.91. The average molecular weight is 356 g/mol. The lowest BCUT2D eigenvalue weighted by Crippen LogP contribution is -2.22. The average Bonchev–Trinajstić information content (AvgIpc) is 2.62. The van der Waals surface area contributed by atoms with Crippen molar-refractivity contribution in [3.8, 4) is 5.75 Å². The number of carbonyl (C=O) groups excluding carboxylic acids is 3. The zero-order valence-corrected chi connectivity index (χ0v) is 14.8. The van der Waals surface area contributed by atoms with E-state index in [1.54, 1.807) is 57.4 Å². The van der Waals surface area contributed by atoms with Gasteiger partial charge in [0.2, 0.25) is 0 Å². The third-order valence-electron chi connectivity index (χ3n) is 3.61. The van der Waals surface area contributed by atoms with E-state index in [4.69, 9.17) is 4.74 Å². The fourth-order valence-corrected chi connectivity index (χ4v) is 2.18. The first-order chi connectivity index (χ1) is 12.3. The molecule has 0 unspecified atom stereocenters. The molecule has 26 heavy (non-hydrogen) atoms. The van der Waals surface area contributed by atoms with Gasteiger partial charge in [-0.3, -0.25) is 9.59 Å². The van der Waals surface area contributed by atoms with Crippen molar-refractivity contribution in [3.63, 3.8) is 0 Å². The summed E-state index contributed by atoms with van der Waals surface area (Å²) in [6, 6.07) is 11.0. The van der Waals surface area contributed by atoms with Crippen LogP contribution in [-0.4, -0.2) is 48.5 Å². The molecule has 7 heteroatoms. The number of aromatic hydroxyl groups is 1. The van der Waals surface area contributed by atoms with Gasteiger partial charge in [-0.25, -0.2) is 4.79 Å². The summed E-state index contributed by atoms with van der Waals surface area (Å²) in [6.07, 6.45) is 0. The van der Waals surface area contributed by atoms with Crippen LogP contribution in [0, 0.1) is 6.92 Å². The first-order valence-corrected chi connectivity index (χ1v) is 7.87. The van der Waals surface area contributed by atoms with Crippen LogP contribution in [0.5, 0.6) is 5.75 Å². The SMILES string of the molecule is Cc1cccc(C(=O)OCC(=O)Nc2ccc(C(=O)N(C)C)cc2)c1O. The molecular formula is C19H20N2O5. The fourth-order valence-electron chi connectivity index (χ4n) is 2.18. The molecule has 136 valence electrons. The Morgan fingerprint density at radius 1 is 1.08 bits per heavy atom. The molecule has 2 N–H and O–H groups in total. The number of esters is 1. The summed E-state index contributed by atoms with van der Waals surface area (Å²) in [6.45, 7) is 1.16. The van der Waals surface area contributed by atoms with E-state index in [1.165, 1.54) is 11.0 Å². The lowest BCUT2D eigenvalue weighted by molar-refractivity contribution is -0.119. The van der Waals surface area contributed by atoms with Crippen LogP contribution < -0.4 is 5.32 Å².